The van der Waals surface area contributed by atoms with E-state index in [0.29, 0.717) is 5.75 Å². The Kier molecular flexibility index (Phi) is 16.8. The number of hydrogen-bond acceptors (Lipinski definition) is 2. The van der Waals surface area contributed by atoms with Gasteiger partial charge in [0, 0.05) is 0 Å². The minimum absolute atomic E-state index is 0.375. The van der Waals surface area contributed by atoms with Crippen LogP contribution in [-0.4, -0.2) is 11.4 Å². The van der Waals surface area contributed by atoms with Crippen LogP contribution in [-0.2, 0) is 0 Å². The second kappa shape index (κ2) is 15.4. The topological polar surface area (TPSA) is 20.2 Å². The molecule has 0 aromatic heterocycles. The molecule has 0 radical (unpaired) electrons. The van der Waals surface area contributed by atoms with Crippen LogP contribution in [0, 0.1) is 0 Å². The standard InChI is InChI=1S/C12H16O.2C2H6.CH4S/c13-12-8-6-11(7-9-12)10-4-2-1-3-5-10;3*1-2/h6-10,13H,1-5H2;2*1-2H3;2H,1H3. The number of aromatic hydroxyl groups is 1. The lowest BCUT2D eigenvalue weighted by Crippen LogP contribution is -2.03. The molecule has 0 atom stereocenters. The third-order valence-corrected chi connectivity index (χ3v) is 2.97. The summed E-state index contributed by atoms with van der Waals surface area (Å²) in [5, 5.41) is 9.16. The van der Waals surface area contributed by atoms with Crippen molar-refractivity contribution in [2.45, 2.75) is 65.7 Å². The molecule has 1 saturated carbocycles. The Labute approximate surface area is 125 Å². The third-order valence-electron chi connectivity index (χ3n) is 2.97. The van der Waals surface area contributed by atoms with E-state index in [9.17, 15) is 0 Å². The van der Waals surface area contributed by atoms with E-state index in [1.54, 1.807) is 18.4 Å². The minimum atomic E-state index is 0.375. The van der Waals surface area contributed by atoms with Crippen LogP contribution in [0.2, 0.25) is 0 Å². The molecule has 2 rings (SSSR count). The predicted octanol–water partition coefficient (Wildman–Crippen LogP) is 6.04. The van der Waals surface area contributed by atoms with Crippen molar-refractivity contribution >= 4 is 12.6 Å². The van der Waals surface area contributed by atoms with Crippen LogP contribution in [0.15, 0.2) is 24.3 Å². The lowest BCUT2D eigenvalue weighted by Gasteiger charge is -2.21. The van der Waals surface area contributed by atoms with Crippen LogP contribution in [0.4, 0.5) is 0 Å². The van der Waals surface area contributed by atoms with E-state index >= 15 is 0 Å². The van der Waals surface area contributed by atoms with Crippen LogP contribution in [0.25, 0.3) is 0 Å². The Morgan fingerprint density at radius 3 is 1.68 bits per heavy atom. The van der Waals surface area contributed by atoms with Gasteiger partial charge in [0.05, 0.1) is 0 Å². The Bertz CT molecular complexity index is 263. The second-order valence-electron chi connectivity index (χ2n) is 3.93. The van der Waals surface area contributed by atoms with Crippen LogP contribution >= 0.6 is 12.6 Å². The number of phenols is 1. The van der Waals surface area contributed by atoms with Crippen molar-refractivity contribution in [3.05, 3.63) is 29.8 Å². The van der Waals surface area contributed by atoms with Crippen molar-refractivity contribution in [3.8, 4) is 5.75 Å². The molecule has 19 heavy (non-hydrogen) atoms. The van der Waals surface area contributed by atoms with E-state index in [1.165, 1.54) is 37.7 Å². The maximum atomic E-state index is 9.16. The van der Waals surface area contributed by atoms with Gasteiger partial charge in [-0.15, -0.1) is 0 Å². The normalized spacial score (nSPS) is 13.8. The molecule has 0 heterocycles. The van der Waals surface area contributed by atoms with Gasteiger partial charge in [-0.2, -0.15) is 12.6 Å². The van der Waals surface area contributed by atoms with E-state index in [0.717, 1.165) is 5.92 Å². The Morgan fingerprint density at radius 2 is 1.26 bits per heavy atom. The van der Waals surface area contributed by atoms with Gasteiger partial charge in [-0.05, 0) is 42.7 Å². The molecule has 0 unspecified atom stereocenters. The molecule has 1 aromatic carbocycles. The summed E-state index contributed by atoms with van der Waals surface area (Å²) in [4.78, 5) is 0. The molecular weight excluding hydrogens is 252 g/mol. The zero-order valence-electron chi connectivity index (χ0n) is 13.3. The molecule has 1 nitrogen and oxygen atoms in total. The summed E-state index contributed by atoms with van der Waals surface area (Å²) >= 11 is 3.53. The summed E-state index contributed by atoms with van der Waals surface area (Å²) in [5.74, 6) is 1.12. The van der Waals surface area contributed by atoms with Crippen LogP contribution in [0.3, 0.4) is 0 Å². The van der Waals surface area contributed by atoms with Crippen LogP contribution in [0.1, 0.15) is 71.3 Å². The summed E-state index contributed by atoms with van der Waals surface area (Å²) in [6, 6.07) is 7.71. The largest absolute Gasteiger partial charge is 0.508 e. The molecular formula is C17H32OS. The van der Waals surface area contributed by atoms with E-state index in [-0.39, 0.29) is 0 Å². The molecule has 112 valence electrons. The molecule has 1 fully saturated rings. The van der Waals surface area contributed by atoms with Gasteiger partial charge in [0.25, 0.3) is 0 Å². The van der Waals surface area contributed by atoms with Crippen molar-refractivity contribution in [1.29, 1.82) is 0 Å². The van der Waals surface area contributed by atoms with Gasteiger partial charge >= 0.3 is 0 Å². The Balaban J connectivity index is 0. The number of phenolic OH excluding ortho intramolecular Hbond substituents is 1. The average Bonchev–Trinajstić information content (AvgIpc) is 2.55. The number of benzene rings is 1. The molecule has 0 bridgehead atoms. The zero-order valence-corrected chi connectivity index (χ0v) is 14.2. The maximum Gasteiger partial charge on any atom is 0.115 e. The van der Waals surface area contributed by atoms with Gasteiger partial charge in [-0.25, -0.2) is 0 Å². The SMILES string of the molecule is CC.CC.CS.Oc1ccc(C2CCCCC2)cc1. The first kappa shape index (κ1) is 20.7. The summed E-state index contributed by atoms with van der Waals surface area (Å²) in [5.41, 5.74) is 1.40. The number of hydrogen-bond donors (Lipinski definition) is 2. The fourth-order valence-corrected chi connectivity index (χ4v) is 2.18. The number of rotatable bonds is 1. The van der Waals surface area contributed by atoms with Gasteiger partial charge in [0.15, 0.2) is 0 Å². The van der Waals surface area contributed by atoms with E-state index in [2.05, 4.69) is 24.8 Å². The van der Waals surface area contributed by atoms with Gasteiger partial charge in [0.2, 0.25) is 0 Å². The molecule has 2 heteroatoms. The molecule has 0 spiro atoms. The summed E-state index contributed by atoms with van der Waals surface area (Å²) in [7, 11) is 0. The van der Waals surface area contributed by atoms with Gasteiger partial charge in [-0.3, -0.25) is 0 Å². The molecule has 0 saturated heterocycles. The number of thiol groups is 1. The molecule has 1 N–H and O–H groups in total. The van der Waals surface area contributed by atoms with Crippen molar-refractivity contribution in [1.82, 2.24) is 0 Å². The molecule has 1 aliphatic carbocycles. The van der Waals surface area contributed by atoms with Crippen molar-refractivity contribution in [3.63, 3.8) is 0 Å². The Morgan fingerprint density at radius 1 is 0.842 bits per heavy atom. The van der Waals surface area contributed by atoms with E-state index in [4.69, 9.17) is 5.11 Å². The lowest BCUT2D eigenvalue weighted by molar-refractivity contribution is 0.442. The smallest absolute Gasteiger partial charge is 0.115 e. The lowest BCUT2D eigenvalue weighted by atomic mass is 9.84. The minimum Gasteiger partial charge on any atom is -0.508 e. The molecule has 1 aliphatic rings. The highest BCUT2D eigenvalue weighted by Gasteiger charge is 2.14. The first-order valence-electron chi connectivity index (χ1n) is 7.60. The molecule has 0 aliphatic heterocycles. The zero-order chi connectivity index (χ0) is 15.1. The van der Waals surface area contributed by atoms with Crippen molar-refractivity contribution < 1.29 is 5.11 Å². The highest BCUT2D eigenvalue weighted by atomic mass is 32.1. The first-order valence-corrected chi connectivity index (χ1v) is 8.49. The maximum absolute atomic E-state index is 9.16. The second-order valence-corrected chi connectivity index (χ2v) is 3.93. The average molecular weight is 285 g/mol. The van der Waals surface area contributed by atoms with Crippen molar-refractivity contribution in [2.75, 3.05) is 6.26 Å². The van der Waals surface area contributed by atoms with Crippen molar-refractivity contribution in [2.24, 2.45) is 0 Å². The monoisotopic (exact) mass is 284 g/mol. The fourth-order valence-electron chi connectivity index (χ4n) is 2.18. The van der Waals surface area contributed by atoms with Crippen LogP contribution < -0.4 is 0 Å². The van der Waals surface area contributed by atoms with Crippen LogP contribution in [0.5, 0.6) is 5.75 Å². The fraction of sp³-hybridized carbons (Fsp3) is 0.647. The highest BCUT2D eigenvalue weighted by molar-refractivity contribution is 7.79. The first-order chi connectivity index (χ1) is 9.36. The summed E-state index contributed by atoms with van der Waals surface area (Å²) in [6.07, 6.45) is 8.47. The highest BCUT2D eigenvalue weighted by Crippen LogP contribution is 2.32. The predicted molar refractivity (Wildman–Crippen MR) is 91.5 cm³/mol. The van der Waals surface area contributed by atoms with Gasteiger partial charge in [0.1, 0.15) is 5.75 Å². The quantitative estimate of drug-likeness (QED) is 0.602. The van der Waals surface area contributed by atoms with Gasteiger partial charge < -0.3 is 5.11 Å². The summed E-state index contributed by atoms with van der Waals surface area (Å²) < 4.78 is 0. The van der Waals surface area contributed by atoms with E-state index < -0.39 is 0 Å². The Hall–Kier alpha value is -0.630. The molecule has 1 aromatic rings. The van der Waals surface area contributed by atoms with Gasteiger partial charge in [-0.1, -0.05) is 59.1 Å². The molecule has 0 amide bonds. The third kappa shape index (κ3) is 8.99. The van der Waals surface area contributed by atoms with E-state index in [1.807, 2.05) is 27.7 Å². The summed E-state index contributed by atoms with van der Waals surface area (Å²) in [6.45, 7) is 8.00.